The number of carbonyl (C=O) groups is 2. The minimum atomic E-state index is -0.508. The number of nitrogens with one attached hydrogen (secondary N) is 2. The van der Waals surface area contributed by atoms with E-state index in [9.17, 15) is 9.59 Å². The molecule has 6 nitrogen and oxygen atoms in total. The van der Waals surface area contributed by atoms with E-state index in [2.05, 4.69) is 10.6 Å². The molecule has 8 heteroatoms. The van der Waals surface area contributed by atoms with Crippen LogP contribution in [0.2, 0.25) is 5.02 Å². The highest BCUT2D eigenvalue weighted by molar-refractivity contribution is 7.11. The smallest absolute Gasteiger partial charge is 0.409 e. The van der Waals surface area contributed by atoms with Crippen LogP contribution in [0.4, 0.5) is 4.79 Å². The minimum absolute atomic E-state index is 0.133. The quantitative estimate of drug-likeness (QED) is 0.838. The number of benzene rings is 1. The summed E-state index contributed by atoms with van der Waals surface area (Å²) in [5.74, 6) is 0.179. The van der Waals surface area contributed by atoms with Crippen molar-refractivity contribution in [2.24, 2.45) is 0 Å². The maximum atomic E-state index is 12.4. The van der Waals surface area contributed by atoms with Gasteiger partial charge in [0.05, 0.1) is 11.6 Å². The Morgan fingerprint density at radius 2 is 2.15 bits per heavy atom. The number of amides is 2. The molecule has 0 saturated carbocycles. The van der Waals surface area contributed by atoms with Crippen molar-refractivity contribution in [2.75, 3.05) is 19.6 Å². The van der Waals surface area contributed by atoms with Gasteiger partial charge in [0.25, 0.3) is 0 Å². The summed E-state index contributed by atoms with van der Waals surface area (Å²) in [6, 6.07) is 10.4. The zero-order valence-electron chi connectivity index (χ0n) is 14.3. The summed E-state index contributed by atoms with van der Waals surface area (Å²) >= 11 is 7.67. The predicted molar refractivity (Wildman–Crippen MR) is 102 cm³/mol. The topological polar surface area (TPSA) is 70.7 Å². The van der Waals surface area contributed by atoms with Crippen LogP contribution in [0.3, 0.4) is 0 Å². The maximum absolute atomic E-state index is 12.4. The SMILES string of the molecule is Cc1ccc(CNC(=O)[C@@H]2CN(C(=O)Oc3ccccc3Cl)CCN2)s1. The Morgan fingerprint density at radius 3 is 2.88 bits per heavy atom. The fourth-order valence-electron chi connectivity index (χ4n) is 2.66. The predicted octanol–water partition coefficient (Wildman–Crippen LogP) is 2.80. The molecule has 1 fully saturated rings. The van der Waals surface area contributed by atoms with Crippen molar-refractivity contribution in [1.82, 2.24) is 15.5 Å². The Kier molecular flexibility index (Phi) is 6.13. The molecule has 1 atom stereocenters. The van der Waals surface area contributed by atoms with Gasteiger partial charge < -0.3 is 20.3 Å². The van der Waals surface area contributed by atoms with Gasteiger partial charge in [-0.2, -0.15) is 0 Å². The highest BCUT2D eigenvalue weighted by Gasteiger charge is 2.29. The van der Waals surface area contributed by atoms with Crippen LogP contribution in [-0.4, -0.2) is 42.6 Å². The summed E-state index contributed by atoms with van der Waals surface area (Å²) in [5, 5.41) is 6.42. The molecule has 1 saturated heterocycles. The normalized spacial score (nSPS) is 17.0. The zero-order chi connectivity index (χ0) is 18.5. The van der Waals surface area contributed by atoms with Crippen molar-refractivity contribution < 1.29 is 14.3 Å². The van der Waals surface area contributed by atoms with E-state index in [1.807, 2.05) is 19.1 Å². The summed E-state index contributed by atoms with van der Waals surface area (Å²) < 4.78 is 5.34. The molecule has 0 unspecified atom stereocenters. The van der Waals surface area contributed by atoms with E-state index in [-0.39, 0.29) is 12.5 Å². The molecular formula is C18H20ClN3O3S. The van der Waals surface area contributed by atoms with Crippen molar-refractivity contribution in [3.63, 3.8) is 0 Å². The molecule has 1 aliphatic heterocycles. The highest BCUT2D eigenvalue weighted by atomic mass is 35.5. The lowest BCUT2D eigenvalue weighted by atomic mass is 10.2. The monoisotopic (exact) mass is 393 g/mol. The lowest BCUT2D eigenvalue weighted by Crippen LogP contribution is -2.58. The average molecular weight is 394 g/mol. The number of aryl methyl sites for hydroxylation is 1. The number of ether oxygens (including phenoxy) is 1. The van der Waals surface area contributed by atoms with Crippen LogP contribution in [0.15, 0.2) is 36.4 Å². The second-order valence-corrected chi connectivity index (χ2v) is 7.76. The van der Waals surface area contributed by atoms with E-state index in [0.29, 0.717) is 30.4 Å². The second-order valence-electron chi connectivity index (χ2n) is 5.98. The number of para-hydroxylation sites is 1. The number of thiophene rings is 1. The number of piperazine rings is 1. The Balaban J connectivity index is 1.53. The van der Waals surface area contributed by atoms with Gasteiger partial charge in [0.15, 0.2) is 5.75 Å². The minimum Gasteiger partial charge on any atom is -0.409 e. The lowest BCUT2D eigenvalue weighted by molar-refractivity contribution is -0.124. The fourth-order valence-corrected chi connectivity index (χ4v) is 3.66. The Hall–Kier alpha value is -2.09. The molecule has 1 aromatic heterocycles. The fraction of sp³-hybridized carbons (Fsp3) is 0.333. The van der Waals surface area contributed by atoms with Gasteiger partial charge in [-0.05, 0) is 31.2 Å². The number of nitrogens with zero attached hydrogens (tertiary/aromatic N) is 1. The van der Waals surface area contributed by atoms with E-state index < -0.39 is 12.1 Å². The molecule has 0 aliphatic carbocycles. The van der Waals surface area contributed by atoms with E-state index in [4.69, 9.17) is 16.3 Å². The first-order valence-corrected chi connectivity index (χ1v) is 9.50. The molecule has 0 bridgehead atoms. The maximum Gasteiger partial charge on any atom is 0.415 e. The summed E-state index contributed by atoms with van der Waals surface area (Å²) in [4.78, 5) is 28.6. The first-order valence-electron chi connectivity index (χ1n) is 8.30. The number of hydrogen-bond donors (Lipinski definition) is 2. The third-order valence-electron chi connectivity index (χ3n) is 4.02. The van der Waals surface area contributed by atoms with Gasteiger partial charge >= 0.3 is 6.09 Å². The Morgan fingerprint density at radius 1 is 1.35 bits per heavy atom. The largest absolute Gasteiger partial charge is 0.415 e. The van der Waals surface area contributed by atoms with E-state index in [0.717, 1.165) is 4.88 Å². The van der Waals surface area contributed by atoms with Crippen LogP contribution in [-0.2, 0) is 11.3 Å². The van der Waals surface area contributed by atoms with Crippen LogP contribution in [0.25, 0.3) is 0 Å². The van der Waals surface area contributed by atoms with Crippen LogP contribution >= 0.6 is 22.9 Å². The molecule has 0 radical (unpaired) electrons. The van der Waals surface area contributed by atoms with Gasteiger partial charge in [-0.15, -0.1) is 11.3 Å². The van der Waals surface area contributed by atoms with Crippen LogP contribution in [0.1, 0.15) is 9.75 Å². The third-order valence-corrected chi connectivity index (χ3v) is 5.33. The van der Waals surface area contributed by atoms with Crippen molar-refractivity contribution >= 4 is 34.9 Å². The molecule has 2 amide bonds. The van der Waals surface area contributed by atoms with Crippen molar-refractivity contribution in [3.8, 4) is 5.75 Å². The molecule has 26 heavy (non-hydrogen) atoms. The second kappa shape index (κ2) is 8.53. The summed E-state index contributed by atoms with van der Waals surface area (Å²) in [7, 11) is 0. The van der Waals surface area contributed by atoms with Crippen LogP contribution in [0.5, 0.6) is 5.75 Å². The molecule has 138 valence electrons. The first-order chi connectivity index (χ1) is 12.5. The van der Waals surface area contributed by atoms with Crippen LogP contribution < -0.4 is 15.4 Å². The van der Waals surface area contributed by atoms with Crippen molar-refractivity contribution in [2.45, 2.75) is 19.5 Å². The molecule has 2 N–H and O–H groups in total. The molecule has 1 aliphatic rings. The molecule has 3 rings (SSSR count). The molecule has 1 aromatic carbocycles. The van der Waals surface area contributed by atoms with Crippen LogP contribution in [0, 0.1) is 6.92 Å². The summed E-state index contributed by atoms with van der Waals surface area (Å²) in [5.41, 5.74) is 0. The standard InChI is InChI=1S/C18H20ClN3O3S/c1-12-6-7-13(26-12)10-21-17(23)15-11-22(9-8-20-15)18(24)25-16-5-3-2-4-14(16)19/h2-7,15,20H,8-11H2,1H3,(H,21,23)/t15-/m0/s1. The van der Waals surface area contributed by atoms with Gasteiger partial charge in [-0.25, -0.2) is 4.79 Å². The molecule has 2 aromatic rings. The molecule has 2 heterocycles. The van der Waals surface area contributed by atoms with Gasteiger partial charge in [0.1, 0.15) is 6.04 Å². The summed E-state index contributed by atoms with van der Waals surface area (Å²) in [6.07, 6.45) is -0.508. The van der Waals surface area contributed by atoms with Gasteiger partial charge in [0.2, 0.25) is 5.91 Å². The highest BCUT2D eigenvalue weighted by Crippen LogP contribution is 2.24. The van der Waals surface area contributed by atoms with Crippen molar-refractivity contribution in [1.29, 1.82) is 0 Å². The van der Waals surface area contributed by atoms with E-state index in [1.54, 1.807) is 35.6 Å². The Bertz CT molecular complexity index is 795. The number of rotatable bonds is 4. The molecular weight excluding hydrogens is 374 g/mol. The number of carbonyl (C=O) groups excluding carboxylic acids is 2. The van der Waals surface area contributed by atoms with Gasteiger partial charge in [-0.1, -0.05) is 23.7 Å². The van der Waals surface area contributed by atoms with Gasteiger partial charge in [-0.3, -0.25) is 4.79 Å². The number of hydrogen-bond acceptors (Lipinski definition) is 5. The average Bonchev–Trinajstić information content (AvgIpc) is 3.07. The van der Waals surface area contributed by atoms with Crippen molar-refractivity contribution in [3.05, 3.63) is 51.2 Å². The number of halogens is 1. The first kappa shape index (κ1) is 18.7. The van der Waals surface area contributed by atoms with E-state index >= 15 is 0 Å². The lowest BCUT2D eigenvalue weighted by Gasteiger charge is -2.32. The zero-order valence-corrected chi connectivity index (χ0v) is 15.9. The summed E-state index contributed by atoms with van der Waals surface area (Å²) in [6.45, 7) is 3.75. The Labute approximate surface area is 161 Å². The molecule has 0 spiro atoms. The van der Waals surface area contributed by atoms with E-state index in [1.165, 1.54) is 9.78 Å². The third kappa shape index (κ3) is 4.75. The van der Waals surface area contributed by atoms with Gasteiger partial charge in [0, 0.05) is 29.4 Å².